The standard InChI is InChI=1S/C7H9Br.CH2O/c1-6-4-2-3-5-7(6)8;1-2/h2,4H,3,5H2,1H3;1H2. The van der Waals surface area contributed by atoms with Gasteiger partial charge in [0.1, 0.15) is 6.79 Å². The lowest BCUT2D eigenvalue weighted by Gasteiger charge is -2.04. The molecule has 0 spiro atoms. The van der Waals surface area contributed by atoms with Crippen LogP contribution >= 0.6 is 15.9 Å². The van der Waals surface area contributed by atoms with Gasteiger partial charge in [0.15, 0.2) is 0 Å². The zero-order valence-corrected chi connectivity index (χ0v) is 7.65. The molecule has 0 aliphatic heterocycles. The number of carbonyl (C=O) groups is 1. The van der Waals surface area contributed by atoms with Gasteiger partial charge in [0.2, 0.25) is 0 Å². The zero-order chi connectivity index (χ0) is 7.98. The first kappa shape index (κ1) is 9.63. The highest BCUT2D eigenvalue weighted by atomic mass is 79.9. The van der Waals surface area contributed by atoms with Crippen LogP contribution in [-0.2, 0) is 4.79 Å². The van der Waals surface area contributed by atoms with E-state index in [0.717, 1.165) is 0 Å². The second-order valence-electron chi connectivity index (χ2n) is 2.03. The van der Waals surface area contributed by atoms with Gasteiger partial charge in [-0.15, -0.1) is 0 Å². The Hall–Kier alpha value is -0.370. The molecule has 0 radical (unpaired) electrons. The maximum atomic E-state index is 8.00. The van der Waals surface area contributed by atoms with E-state index in [9.17, 15) is 0 Å². The smallest absolute Gasteiger partial charge is 0.106 e. The fraction of sp³-hybridized carbons (Fsp3) is 0.375. The number of hydrogen-bond donors (Lipinski definition) is 0. The quantitative estimate of drug-likeness (QED) is 0.591. The largest absolute Gasteiger partial charge is 0.307 e. The van der Waals surface area contributed by atoms with E-state index in [4.69, 9.17) is 4.79 Å². The molecular weight excluding hydrogens is 192 g/mol. The van der Waals surface area contributed by atoms with Crippen LogP contribution in [0.5, 0.6) is 0 Å². The Kier molecular flexibility index (Phi) is 5.22. The number of rotatable bonds is 0. The van der Waals surface area contributed by atoms with E-state index in [2.05, 4.69) is 35.0 Å². The molecular formula is C8H11BrO. The first-order chi connectivity index (χ1) is 4.80. The van der Waals surface area contributed by atoms with Crippen molar-refractivity contribution in [2.24, 2.45) is 0 Å². The summed E-state index contributed by atoms with van der Waals surface area (Å²) in [4.78, 5) is 8.00. The van der Waals surface area contributed by atoms with Gasteiger partial charge >= 0.3 is 0 Å². The van der Waals surface area contributed by atoms with Crippen LogP contribution in [-0.4, -0.2) is 6.79 Å². The lowest BCUT2D eigenvalue weighted by Crippen LogP contribution is -1.82. The van der Waals surface area contributed by atoms with Crippen LogP contribution in [0.1, 0.15) is 19.8 Å². The van der Waals surface area contributed by atoms with E-state index in [0.29, 0.717) is 0 Å². The van der Waals surface area contributed by atoms with E-state index >= 15 is 0 Å². The molecule has 0 aromatic rings. The molecule has 0 saturated heterocycles. The van der Waals surface area contributed by atoms with E-state index in [1.807, 2.05) is 6.79 Å². The zero-order valence-electron chi connectivity index (χ0n) is 6.06. The molecule has 0 atom stereocenters. The molecule has 1 aliphatic carbocycles. The van der Waals surface area contributed by atoms with Crippen LogP contribution in [0.2, 0.25) is 0 Å². The van der Waals surface area contributed by atoms with E-state index in [-0.39, 0.29) is 0 Å². The molecule has 1 aliphatic rings. The normalized spacial score (nSPS) is 16.2. The molecule has 0 saturated carbocycles. The third kappa shape index (κ3) is 2.97. The Morgan fingerprint density at radius 2 is 2.20 bits per heavy atom. The summed E-state index contributed by atoms with van der Waals surface area (Å²) in [6.45, 7) is 4.12. The van der Waals surface area contributed by atoms with Crippen molar-refractivity contribution in [3.63, 3.8) is 0 Å². The molecule has 1 nitrogen and oxygen atoms in total. The first-order valence-corrected chi connectivity index (χ1v) is 3.90. The van der Waals surface area contributed by atoms with E-state index in [1.54, 1.807) is 0 Å². The molecule has 0 heterocycles. The first-order valence-electron chi connectivity index (χ1n) is 3.11. The molecule has 56 valence electrons. The number of carbonyl (C=O) groups excluding carboxylic acids is 1. The maximum Gasteiger partial charge on any atom is 0.106 e. The summed E-state index contributed by atoms with van der Waals surface area (Å²) >= 11 is 3.48. The average Bonchev–Trinajstić information content (AvgIpc) is 2.00. The van der Waals surface area contributed by atoms with Crippen molar-refractivity contribution in [2.75, 3.05) is 0 Å². The lowest BCUT2D eigenvalue weighted by molar-refractivity contribution is -0.0979. The van der Waals surface area contributed by atoms with Gasteiger partial charge in [0, 0.05) is 0 Å². The highest BCUT2D eigenvalue weighted by Gasteiger charge is 1.98. The number of hydrogen-bond acceptors (Lipinski definition) is 1. The molecule has 2 heteroatoms. The third-order valence-corrected chi connectivity index (χ3v) is 2.35. The highest BCUT2D eigenvalue weighted by Crippen LogP contribution is 2.22. The lowest BCUT2D eigenvalue weighted by atomic mass is 10.1. The summed E-state index contributed by atoms with van der Waals surface area (Å²) in [5, 5.41) is 0. The molecule has 10 heavy (non-hydrogen) atoms. The monoisotopic (exact) mass is 202 g/mol. The fourth-order valence-electron chi connectivity index (χ4n) is 0.758. The van der Waals surface area contributed by atoms with Crippen LogP contribution in [0.15, 0.2) is 22.2 Å². The highest BCUT2D eigenvalue weighted by molar-refractivity contribution is 9.11. The second-order valence-corrected chi connectivity index (χ2v) is 2.99. The van der Waals surface area contributed by atoms with Crippen molar-refractivity contribution in [3.05, 3.63) is 22.2 Å². The minimum Gasteiger partial charge on any atom is -0.307 e. The van der Waals surface area contributed by atoms with Crippen molar-refractivity contribution in [1.29, 1.82) is 0 Å². The van der Waals surface area contributed by atoms with Crippen LogP contribution in [0.4, 0.5) is 0 Å². The molecule has 0 amide bonds. The van der Waals surface area contributed by atoms with Crippen molar-refractivity contribution in [1.82, 2.24) is 0 Å². The van der Waals surface area contributed by atoms with Gasteiger partial charge in [-0.25, -0.2) is 0 Å². The van der Waals surface area contributed by atoms with E-state index < -0.39 is 0 Å². The Labute approximate surface area is 69.9 Å². The van der Waals surface area contributed by atoms with Gasteiger partial charge in [0.05, 0.1) is 0 Å². The molecule has 0 bridgehead atoms. The molecule has 0 N–H and O–H groups in total. The summed E-state index contributed by atoms with van der Waals surface area (Å²) in [6, 6.07) is 0. The second kappa shape index (κ2) is 5.42. The molecule has 0 fully saturated rings. The summed E-state index contributed by atoms with van der Waals surface area (Å²) in [5.41, 5.74) is 1.37. The Bertz CT molecular complexity index is 159. The third-order valence-electron chi connectivity index (χ3n) is 1.33. The van der Waals surface area contributed by atoms with Crippen molar-refractivity contribution >= 4 is 22.7 Å². The predicted molar refractivity (Wildman–Crippen MR) is 47.1 cm³/mol. The van der Waals surface area contributed by atoms with Crippen LogP contribution < -0.4 is 0 Å². The fourth-order valence-corrected chi connectivity index (χ4v) is 1.12. The summed E-state index contributed by atoms with van der Waals surface area (Å²) < 4.78 is 1.36. The molecule has 0 unspecified atom stereocenters. The molecule has 0 aromatic carbocycles. The topological polar surface area (TPSA) is 17.1 Å². The summed E-state index contributed by atoms with van der Waals surface area (Å²) in [5.74, 6) is 0. The van der Waals surface area contributed by atoms with Crippen molar-refractivity contribution < 1.29 is 4.79 Å². The Morgan fingerprint density at radius 3 is 2.50 bits per heavy atom. The van der Waals surface area contributed by atoms with Gasteiger partial charge in [-0.05, 0) is 29.8 Å². The summed E-state index contributed by atoms with van der Waals surface area (Å²) in [7, 11) is 0. The maximum absolute atomic E-state index is 8.00. The van der Waals surface area contributed by atoms with Crippen molar-refractivity contribution in [3.8, 4) is 0 Å². The van der Waals surface area contributed by atoms with Gasteiger partial charge in [0.25, 0.3) is 0 Å². The Balaban J connectivity index is 0.000000371. The van der Waals surface area contributed by atoms with Crippen LogP contribution in [0.25, 0.3) is 0 Å². The SMILES string of the molecule is C=O.CC1=C(Br)CCC=C1. The molecule has 0 aromatic heterocycles. The van der Waals surface area contributed by atoms with Gasteiger partial charge < -0.3 is 4.79 Å². The van der Waals surface area contributed by atoms with Gasteiger partial charge in [-0.1, -0.05) is 28.1 Å². The average molecular weight is 203 g/mol. The minimum absolute atomic E-state index is 1.18. The minimum atomic E-state index is 1.18. The Morgan fingerprint density at radius 1 is 1.60 bits per heavy atom. The van der Waals surface area contributed by atoms with Crippen LogP contribution in [0.3, 0.4) is 0 Å². The van der Waals surface area contributed by atoms with Gasteiger partial charge in [-0.2, -0.15) is 0 Å². The number of allylic oxidation sites excluding steroid dienone is 4. The van der Waals surface area contributed by atoms with Gasteiger partial charge in [-0.3, -0.25) is 0 Å². The van der Waals surface area contributed by atoms with Crippen molar-refractivity contribution in [2.45, 2.75) is 19.8 Å². The molecule has 1 rings (SSSR count). The number of halogens is 1. The van der Waals surface area contributed by atoms with Crippen LogP contribution in [0, 0.1) is 0 Å². The summed E-state index contributed by atoms with van der Waals surface area (Å²) in [6.07, 6.45) is 6.74. The van der Waals surface area contributed by atoms with E-state index in [1.165, 1.54) is 22.9 Å². The predicted octanol–water partition coefficient (Wildman–Crippen LogP) is 2.82.